The smallest absolute Gasteiger partial charge is 0.294 e. The van der Waals surface area contributed by atoms with E-state index in [1.807, 2.05) is 61.5 Å². The number of aryl methyl sites for hydroxylation is 2. The molecule has 0 fully saturated rings. The number of rotatable bonds is 8. The molecule has 0 aliphatic rings. The van der Waals surface area contributed by atoms with Crippen molar-refractivity contribution in [3.8, 4) is 11.1 Å². The average molecular weight is 760 g/mol. The summed E-state index contributed by atoms with van der Waals surface area (Å²) in [6.07, 6.45) is 6.02. The molecule has 0 amide bonds. The van der Waals surface area contributed by atoms with Crippen LogP contribution in [0.3, 0.4) is 0 Å². The average Bonchev–Trinajstić information content (AvgIpc) is 3.51. The largest absolute Gasteiger partial charge is 0.334 e. The molecule has 0 aliphatic heterocycles. The van der Waals surface area contributed by atoms with Crippen molar-refractivity contribution in [1.29, 1.82) is 0 Å². The minimum absolute atomic E-state index is 0.0666. The molecule has 2 aromatic heterocycles. The van der Waals surface area contributed by atoms with Crippen LogP contribution in [-0.2, 0) is 34.5 Å². The van der Waals surface area contributed by atoms with Crippen molar-refractivity contribution in [3.63, 3.8) is 0 Å². The highest BCUT2D eigenvalue weighted by molar-refractivity contribution is 7.91. The standard InChI is InChI=1S/C31H29N3O5S2.C7H8O3S/c1-20-33-30(39-34-20)28(22-11-13-26(14-12-22)40(4,35)36)17-21-8-6-9-23(16-21)27-19-25(31(2,3)41(5,37)38)18-24-10-7-15-32-29(24)27;1-6-2-4-7(5-3-6)11(8,9)10/h6-19H,1-5H3;2-5H,1H3,(H,8,9,10)/b28-17+;. The summed E-state index contributed by atoms with van der Waals surface area (Å²) in [7, 11) is -10.8. The topological polar surface area (TPSA) is 174 Å². The Morgan fingerprint density at radius 2 is 1.44 bits per heavy atom. The molecule has 14 heteroatoms. The minimum atomic E-state index is -4.02. The molecule has 0 bridgehead atoms. The van der Waals surface area contributed by atoms with Crippen LogP contribution in [0, 0.1) is 13.8 Å². The van der Waals surface area contributed by atoms with Gasteiger partial charge >= 0.3 is 0 Å². The van der Waals surface area contributed by atoms with Gasteiger partial charge in [-0.15, -0.1) is 0 Å². The molecular formula is C38H37N3O8S3. The first kappa shape index (κ1) is 38.2. The summed E-state index contributed by atoms with van der Waals surface area (Å²) < 4.78 is 83.3. The van der Waals surface area contributed by atoms with Gasteiger partial charge < -0.3 is 4.52 Å². The monoisotopic (exact) mass is 759 g/mol. The summed E-state index contributed by atoms with van der Waals surface area (Å²) in [6, 6.07) is 27.8. The molecule has 0 aliphatic carbocycles. The SMILES string of the molecule is Cc1ccc(S(=O)(=O)O)cc1.Cc1noc(/C(=C/c2cccc(-c3cc(C(C)(C)S(C)(=O)=O)cc4cccnc34)c2)c2ccc(S(C)(=O)=O)cc2)n1. The lowest BCUT2D eigenvalue weighted by atomic mass is 9.92. The maximum atomic E-state index is 12.7. The molecule has 0 saturated carbocycles. The molecule has 0 radical (unpaired) electrons. The molecule has 0 saturated heterocycles. The van der Waals surface area contributed by atoms with Crippen LogP contribution in [-0.4, -0.2) is 57.4 Å². The van der Waals surface area contributed by atoms with Crippen molar-refractivity contribution in [2.45, 2.75) is 42.2 Å². The summed E-state index contributed by atoms with van der Waals surface area (Å²) in [5.74, 6) is 0.763. The van der Waals surface area contributed by atoms with Gasteiger partial charge in [-0.3, -0.25) is 9.54 Å². The third kappa shape index (κ3) is 8.70. The zero-order valence-corrected chi connectivity index (χ0v) is 31.7. The van der Waals surface area contributed by atoms with Gasteiger partial charge in [0.1, 0.15) is 0 Å². The molecule has 6 aromatic rings. The van der Waals surface area contributed by atoms with Crippen molar-refractivity contribution in [1.82, 2.24) is 15.1 Å². The van der Waals surface area contributed by atoms with E-state index in [0.29, 0.717) is 28.4 Å². The number of hydrogen-bond acceptors (Lipinski definition) is 10. The van der Waals surface area contributed by atoms with Gasteiger partial charge in [0.25, 0.3) is 16.0 Å². The highest BCUT2D eigenvalue weighted by Crippen LogP contribution is 2.37. The van der Waals surface area contributed by atoms with E-state index in [1.54, 1.807) is 63.4 Å². The van der Waals surface area contributed by atoms with Crippen molar-refractivity contribution in [3.05, 3.63) is 137 Å². The van der Waals surface area contributed by atoms with Gasteiger partial charge in [-0.1, -0.05) is 59.3 Å². The molecule has 52 heavy (non-hydrogen) atoms. The Balaban J connectivity index is 0.000000407. The lowest BCUT2D eigenvalue weighted by molar-refractivity contribution is 0.403. The lowest BCUT2D eigenvalue weighted by Crippen LogP contribution is -2.28. The molecule has 0 spiro atoms. The Kier molecular flexibility index (Phi) is 10.7. The first-order chi connectivity index (χ1) is 24.2. The summed E-state index contributed by atoms with van der Waals surface area (Å²) in [5, 5.41) is 4.77. The summed E-state index contributed by atoms with van der Waals surface area (Å²) in [4.78, 5) is 9.16. The van der Waals surface area contributed by atoms with Crippen molar-refractivity contribution in [2.75, 3.05) is 12.5 Å². The van der Waals surface area contributed by atoms with Gasteiger partial charge in [0.15, 0.2) is 25.5 Å². The molecule has 11 nitrogen and oxygen atoms in total. The van der Waals surface area contributed by atoms with Crippen molar-refractivity contribution in [2.24, 2.45) is 0 Å². The van der Waals surface area contributed by atoms with Gasteiger partial charge in [-0.05, 0) is 105 Å². The Bertz CT molecular complexity index is 2630. The van der Waals surface area contributed by atoms with Crippen molar-refractivity contribution < 1.29 is 34.3 Å². The van der Waals surface area contributed by atoms with Crippen LogP contribution in [0.25, 0.3) is 33.7 Å². The maximum Gasteiger partial charge on any atom is 0.294 e. The first-order valence-electron chi connectivity index (χ1n) is 15.8. The number of aromatic nitrogens is 3. The summed E-state index contributed by atoms with van der Waals surface area (Å²) >= 11 is 0. The second kappa shape index (κ2) is 14.5. The second-order valence-electron chi connectivity index (χ2n) is 12.8. The Morgan fingerprint density at radius 1 is 0.788 bits per heavy atom. The van der Waals surface area contributed by atoms with Gasteiger partial charge in [0, 0.05) is 35.2 Å². The molecule has 0 atom stereocenters. The normalized spacial score (nSPS) is 12.7. The van der Waals surface area contributed by atoms with Crippen LogP contribution in [0.2, 0.25) is 0 Å². The van der Waals surface area contributed by atoms with Gasteiger partial charge in [0.2, 0.25) is 0 Å². The quantitative estimate of drug-likeness (QED) is 0.124. The van der Waals surface area contributed by atoms with E-state index in [-0.39, 0.29) is 9.79 Å². The molecule has 6 rings (SSSR count). The van der Waals surface area contributed by atoms with E-state index in [9.17, 15) is 25.3 Å². The predicted molar refractivity (Wildman–Crippen MR) is 202 cm³/mol. The fourth-order valence-corrected chi connectivity index (χ4v) is 6.86. The zero-order chi connectivity index (χ0) is 38.1. The number of sulfone groups is 2. The molecule has 0 unspecified atom stereocenters. The Hall–Kier alpha value is -5.02. The number of pyridine rings is 1. The van der Waals surface area contributed by atoms with Gasteiger partial charge in [-0.2, -0.15) is 13.4 Å². The first-order valence-corrected chi connectivity index (χ1v) is 21.0. The molecular weight excluding hydrogens is 723 g/mol. The molecule has 4 aromatic carbocycles. The van der Waals surface area contributed by atoms with E-state index in [2.05, 4.69) is 15.1 Å². The predicted octanol–water partition coefficient (Wildman–Crippen LogP) is 7.11. The second-order valence-corrected chi connectivity index (χ2v) is 18.8. The van der Waals surface area contributed by atoms with E-state index in [4.69, 9.17) is 9.08 Å². The fraction of sp³-hybridized carbons (Fsp3) is 0.184. The van der Waals surface area contributed by atoms with Crippen LogP contribution in [0.5, 0.6) is 0 Å². The highest BCUT2D eigenvalue weighted by Gasteiger charge is 2.33. The fourth-order valence-electron chi connectivity index (χ4n) is 5.20. The van der Waals surface area contributed by atoms with E-state index >= 15 is 0 Å². The van der Waals surface area contributed by atoms with E-state index in [1.165, 1.54) is 18.4 Å². The third-order valence-electron chi connectivity index (χ3n) is 8.51. The summed E-state index contributed by atoms with van der Waals surface area (Å²) in [6.45, 7) is 6.97. The number of fused-ring (bicyclic) bond motifs is 1. The number of nitrogens with zero attached hydrogens (tertiary/aromatic N) is 3. The molecule has 1 N–H and O–H groups in total. The van der Waals surface area contributed by atoms with Crippen LogP contribution >= 0.6 is 0 Å². The minimum Gasteiger partial charge on any atom is -0.334 e. The van der Waals surface area contributed by atoms with Crippen LogP contribution < -0.4 is 0 Å². The van der Waals surface area contributed by atoms with Crippen LogP contribution in [0.1, 0.15) is 47.8 Å². The molecule has 270 valence electrons. The third-order valence-corrected chi connectivity index (χ3v) is 12.6. The number of hydrogen-bond donors (Lipinski definition) is 1. The Labute approximate surface area is 303 Å². The van der Waals surface area contributed by atoms with Crippen LogP contribution in [0.15, 0.2) is 118 Å². The van der Waals surface area contributed by atoms with Crippen molar-refractivity contribution >= 4 is 52.3 Å². The van der Waals surface area contributed by atoms with Gasteiger partial charge in [-0.25, -0.2) is 16.8 Å². The Morgan fingerprint density at radius 3 is 2.02 bits per heavy atom. The lowest BCUT2D eigenvalue weighted by Gasteiger charge is -2.24. The van der Waals surface area contributed by atoms with E-state index in [0.717, 1.165) is 39.4 Å². The van der Waals surface area contributed by atoms with Gasteiger partial charge in [0.05, 0.1) is 20.1 Å². The number of benzene rings is 4. The molecule has 2 heterocycles. The van der Waals surface area contributed by atoms with E-state index < -0.39 is 34.5 Å². The van der Waals surface area contributed by atoms with Crippen LogP contribution in [0.4, 0.5) is 0 Å². The summed E-state index contributed by atoms with van der Waals surface area (Å²) in [5.41, 5.74) is 6.18. The maximum absolute atomic E-state index is 12.7. The highest BCUT2D eigenvalue weighted by atomic mass is 32.2. The zero-order valence-electron chi connectivity index (χ0n) is 29.3.